The Morgan fingerprint density at radius 3 is 2.59 bits per heavy atom. The van der Waals surface area contributed by atoms with Gasteiger partial charge >= 0.3 is 0 Å². The molecule has 0 saturated carbocycles. The second-order valence-electron chi connectivity index (χ2n) is 6.52. The largest absolute Gasteiger partial charge is 0.497 e. The molecule has 1 heterocycles. The number of hydrogen-bond acceptors (Lipinski definition) is 5. The number of carbonyl (C=O) groups is 1. The lowest BCUT2D eigenvalue weighted by molar-refractivity contribution is 0.0975. The van der Waals surface area contributed by atoms with E-state index in [9.17, 15) is 9.18 Å². The maximum atomic E-state index is 13.5. The number of anilines is 1. The van der Waals surface area contributed by atoms with E-state index in [2.05, 4.69) is 15.6 Å². The predicted octanol–water partition coefficient (Wildman–Crippen LogP) is 3.22. The van der Waals surface area contributed by atoms with Gasteiger partial charge in [-0.05, 0) is 43.2 Å². The number of nitrogens with zero attached hydrogens (tertiary/aromatic N) is 1. The maximum absolute atomic E-state index is 13.5. The maximum Gasteiger partial charge on any atom is 0.258 e. The Balaban J connectivity index is 1.79. The van der Waals surface area contributed by atoms with E-state index in [1.807, 2.05) is 0 Å². The number of aliphatic imine (C=N–C) groups is 1. The van der Waals surface area contributed by atoms with Crippen molar-refractivity contribution in [1.29, 1.82) is 0 Å². The van der Waals surface area contributed by atoms with Crippen molar-refractivity contribution >= 4 is 17.6 Å². The molecule has 0 aromatic heterocycles. The summed E-state index contributed by atoms with van der Waals surface area (Å²) in [5.74, 6) is 0.392. The van der Waals surface area contributed by atoms with Crippen LogP contribution in [0.2, 0.25) is 0 Å². The fraction of sp³-hybridized carbons (Fsp3) is 0.333. The van der Waals surface area contributed by atoms with Gasteiger partial charge in [0.1, 0.15) is 17.3 Å². The van der Waals surface area contributed by atoms with E-state index in [-0.39, 0.29) is 12.1 Å². The van der Waals surface area contributed by atoms with Crippen molar-refractivity contribution in [3.05, 3.63) is 53.8 Å². The molecule has 1 aliphatic rings. The molecule has 2 aromatic carbocycles. The van der Waals surface area contributed by atoms with Crippen molar-refractivity contribution in [1.82, 2.24) is 5.32 Å². The molecule has 154 valence electrons. The number of carbonyl (C=O) groups excluding carboxylic acids is 1. The zero-order valence-electron chi connectivity index (χ0n) is 16.4. The molecule has 0 bridgehead atoms. The van der Waals surface area contributed by atoms with E-state index in [0.29, 0.717) is 35.9 Å². The lowest BCUT2D eigenvalue weighted by Gasteiger charge is -2.14. The summed E-state index contributed by atoms with van der Waals surface area (Å²) in [6.45, 7) is 1.10. The summed E-state index contributed by atoms with van der Waals surface area (Å²) < 4.78 is 29.5. The Hall–Kier alpha value is -3.13. The number of halogens is 1. The molecule has 1 atom stereocenters. The standard InChI is InChI=1S/C21H24FN3O4/c1-27-18-9-14(10-19(12-18)28-2)20(26)25-21(23-13-17-7-4-8-29-17)24-16-6-3-5-15(22)11-16/h3,5-6,9-12,17H,4,7-8,13H2,1-2H3,(H2,23,24,25,26). The van der Waals surface area contributed by atoms with Gasteiger partial charge in [-0.15, -0.1) is 0 Å². The first-order valence-corrected chi connectivity index (χ1v) is 9.30. The van der Waals surface area contributed by atoms with Crippen molar-refractivity contribution in [2.24, 2.45) is 4.99 Å². The fourth-order valence-electron chi connectivity index (χ4n) is 2.91. The van der Waals surface area contributed by atoms with Crippen LogP contribution in [-0.2, 0) is 4.74 Å². The Bertz CT molecular complexity index is 860. The first kappa shape index (κ1) is 20.6. The fourth-order valence-corrected chi connectivity index (χ4v) is 2.91. The highest BCUT2D eigenvalue weighted by Crippen LogP contribution is 2.22. The minimum Gasteiger partial charge on any atom is -0.497 e. The molecule has 1 amide bonds. The third kappa shape index (κ3) is 5.92. The van der Waals surface area contributed by atoms with Gasteiger partial charge in [0.15, 0.2) is 0 Å². The van der Waals surface area contributed by atoms with E-state index in [4.69, 9.17) is 14.2 Å². The Kier molecular flexibility index (Phi) is 7.02. The van der Waals surface area contributed by atoms with Gasteiger partial charge in [0, 0.05) is 23.9 Å². The summed E-state index contributed by atoms with van der Waals surface area (Å²) in [5.41, 5.74) is 0.812. The molecule has 8 heteroatoms. The summed E-state index contributed by atoms with van der Waals surface area (Å²) in [6, 6.07) is 10.8. The van der Waals surface area contributed by atoms with Crippen LogP contribution in [0.3, 0.4) is 0 Å². The molecule has 3 rings (SSSR count). The van der Waals surface area contributed by atoms with Crippen LogP contribution >= 0.6 is 0 Å². The number of rotatable bonds is 6. The lowest BCUT2D eigenvalue weighted by atomic mass is 10.2. The van der Waals surface area contributed by atoms with Crippen LogP contribution in [0.25, 0.3) is 0 Å². The van der Waals surface area contributed by atoms with Crippen molar-refractivity contribution in [3.8, 4) is 11.5 Å². The molecule has 2 N–H and O–H groups in total. The first-order chi connectivity index (χ1) is 14.1. The van der Waals surface area contributed by atoms with Crippen molar-refractivity contribution in [2.75, 3.05) is 32.7 Å². The molecule has 0 spiro atoms. The third-order valence-electron chi connectivity index (χ3n) is 4.41. The van der Waals surface area contributed by atoms with Crippen LogP contribution in [0.5, 0.6) is 11.5 Å². The highest BCUT2D eigenvalue weighted by Gasteiger charge is 2.17. The van der Waals surface area contributed by atoms with Crippen molar-refractivity contribution in [3.63, 3.8) is 0 Å². The second-order valence-corrected chi connectivity index (χ2v) is 6.52. The molecule has 0 aliphatic carbocycles. The van der Waals surface area contributed by atoms with Gasteiger partial charge in [-0.2, -0.15) is 0 Å². The van der Waals surface area contributed by atoms with Gasteiger partial charge in [0.25, 0.3) is 5.91 Å². The van der Waals surface area contributed by atoms with Crippen LogP contribution in [0.1, 0.15) is 23.2 Å². The molecule has 1 unspecified atom stereocenters. The van der Waals surface area contributed by atoms with Gasteiger partial charge < -0.3 is 19.5 Å². The molecule has 0 radical (unpaired) electrons. The van der Waals surface area contributed by atoms with Gasteiger partial charge in [0.2, 0.25) is 5.96 Å². The summed E-state index contributed by atoms with van der Waals surface area (Å²) in [7, 11) is 3.02. The predicted molar refractivity (Wildman–Crippen MR) is 108 cm³/mol. The summed E-state index contributed by atoms with van der Waals surface area (Å²) in [4.78, 5) is 17.2. The lowest BCUT2D eigenvalue weighted by Crippen LogP contribution is -2.36. The average Bonchev–Trinajstić information content (AvgIpc) is 3.25. The van der Waals surface area contributed by atoms with E-state index >= 15 is 0 Å². The molecule has 1 aliphatic heterocycles. The smallest absolute Gasteiger partial charge is 0.258 e. The molecular weight excluding hydrogens is 377 g/mol. The molecule has 2 aromatic rings. The van der Waals surface area contributed by atoms with Gasteiger partial charge in [0.05, 0.1) is 26.9 Å². The van der Waals surface area contributed by atoms with E-state index in [1.165, 1.54) is 26.4 Å². The quantitative estimate of drug-likeness (QED) is 0.574. The summed E-state index contributed by atoms with van der Waals surface area (Å²) in [5, 5.41) is 5.70. The summed E-state index contributed by atoms with van der Waals surface area (Å²) in [6.07, 6.45) is 1.91. The third-order valence-corrected chi connectivity index (χ3v) is 4.41. The normalized spacial score (nSPS) is 16.4. The minimum absolute atomic E-state index is 0.00752. The van der Waals surface area contributed by atoms with Crippen LogP contribution in [0.15, 0.2) is 47.5 Å². The molecule has 7 nitrogen and oxygen atoms in total. The van der Waals surface area contributed by atoms with Gasteiger partial charge in [-0.25, -0.2) is 9.38 Å². The number of benzene rings is 2. The number of amides is 1. The molecular formula is C21H24FN3O4. The Labute approximate surface area is 168 Å². The molecule has 29 heavy (non-hydrogen) atoms. The van der Waals surface area contributed by atoms with Crippen LogP contribution in [0.4, 0.5) is 10.1 Å². The average molecular weight is 401 g/mol. The zero-order chi connectivity index (χ0) is 20.6. The van der Waals surface area contributed by atoms with Gasteiger partial charge in [-0.1, -0.05) is 6.07 Å². The Morgan fingerprint density at radius 2 is 1.97 bits per heavy atom. The monoisotopic (exact) mass is 401 g/mol. The number of nitrogens with one attached hydrogen (secondary N) is 2. The topological polar surface area (TPSA) is 81.2 Å². The number of guanidine groups is 1. The molecule has 1 fully saturated rings. The number of ether oxygens (including phenoxy) is 3. The van der Waals surface area contributed by atoms with E-state index < -0.39 is 11.7 Å². The first-order valence-electron chi connectivity index (χ1n) is 9.30. The van der Waals surface area contributed by atoms with Gasteiger partial charge in [-0.3, -0.25) is 10.1 Å². The summed E-state index contributed by atoms with van der Waals surface area (Å²) >= 11 is 0. The number of methoxy groups -OCH3 is 2. The second kappa shape index (κ2) is 9.88. The molecule has 1 saturated heterocycles. The van der Waals surface area contributed by atoms with Crippen LogP contribution in [0, 0.1) is 5.82 Å². The van der Waals surface area contributed by atoms with Crippen molar-refractivity contribution in [2.45, 2.75) is 18.9 Å². The van der Waals surface area contributed by atoms with Crippen molar-refractivity contribution < 1.29 is 23.4 Å². The Morgan fingerprint density at radius 1 is 1.21 bits per heavy atom. The van der Waals surface area contributed by atoms with Crippen LogP contribution < -0.4 is 20.1 Å². The minimum atomic E-state index is -0.405. The zero-order valence-corrected chi connectivity index (χ0v) is 16.4. The van der Waals surface area contributed by atoms with E-state index in [1.54, 1.807) is 30.3 Å². The number of hydrogen-bond donors (Lipinski definition) is 2. The highest BCUT2D eigenvalue weighted by atomic mass is 19.1. The SMILES string of the molecule is COc1cc(OC)cc(C(=O)NC(=NCC2CCCO2)Nc2cccc(F)c2)c1. The van der Waals surface area contributed by atoms with E-state index in [0.717, 1.165) is 12.8 Å². The van der Waals surface area contributed by atoms with Crippen LogP contribution in [-0.4, -0.2) is 45.3 Å². The highest BCUT2D eigenvalue weighted by molar-refractivity contribution is 6.10.